The molecule has 0 heterocycles. The summed E-state index contributed by atoms with van der Waals surface area (Å²) < 4.78 is 0. The van der Waals surface area contributed by atoms with E-state index in [9.17, 15) is 10.2 Å². The maximum atomic E-state index is 10.4. The molecular formula is C20H14O2Ti. The van der Waals surface area contributed by atoms with Crippen LogP contribution in [0.3, 0.4) is 0 Å². The van der Waals surface area contributed by atoms with E-state index in [0.29, 0.717) is 11.1 Å². The first-order valence-corrected chi connectivity index (χ1v) is 7.17. The molecular weight excluding hydrogens is 320 g/mol. The van der Waals surface area contributed by atoms with Crippen LogP contribution < -0.4 is 0 Å². The van der Waals surface area contributed by atoms with Crippen molar-refractivity contribution in [1.29, 1.82) is 0 Å². The van der Waals surface area contributed by atoms with Gasteiger partial charge in [0.25, 0.3) is 0 Å². The summed E-state index contributed by atoms with van der Waals surface area (Å²) in [5.41, 5.74) is 1.35. The summed E-state index contributed by atoms with van der Waals surface area (Å²) in [5, 5.41) is 24.8. The topological polar surface area (TPSA) is 40.5 Å². The van der Waals surface area contributed by atoms with Gasteiger partial charge in [-0.3, -0.25) is 0 Å². The molecule has 2 N–H and O–H groups in total. The molecule has 0 radical (unpaired) electrons. The molecule has 0 atom stereocenters. The third-order valence-corrected chi connectivity index (χ3v) is 4.06. The van der Waals surface area contributed by atoms with E-state index in [1.54, 1.807) is 12.1 Å². The number of benzene rings is 4. The number of rotatable bonds is 1. The summed E-state index contributed by atoms with van der Waals surface area (Å²) in [5.74, 6) is 0.343. The van der Waals surface area contributed by atoms with Gasteiger partial charge in [0.1, 0.15) is 11.5 Å². The molecule has 4 rings (SSSR count). The van der Waals surface area contributed by atoms with Crippen LogP contribution in [0.15, 0.2) is 72.8 Å². The molecule has 0 fully saturated rings. The van der Waals surface area contributed by atoms with Crippen LogP contribution in [0, 0.1) is 0 Å². The number of aromatic hydroxyl groups is 2. The molecule has 4 aromatic rings. The number of phenols is 2. The Balaban J connectivity index is 0.00000156. The second kappa shape index (κ2) is 6.07. The molecule has 0 aliphatic carbocycles. The molecule has 0 unspecified atom stereocenters. The molecule has 0 aromatic heterocycles. The number of hydrogen-bond donors (Lipinski definition) is 2. The van der Waals surface area contributed by atoms with Crippen molar-refractivity contribution in [3.8, 4) is 22.6 Å². The van der Waals surface area contributed by atoms with Crippen molar-refractivity contribution in [3.63, 3.8) is 0 Å². The Morgan fingerprint density at radius 1 is 0.478 bits per heavy atom. The summed E-state index contributed by atoms with van der Waals surface area (Å²) in [4.78, 5) is 0. The largest absolute Gasteiger partial charge is 0.507 e. The molecule has 0 amide bonds. The van der Waals surface area contributed by atoms with Crippen LogP contribution >= 0.6 is 0 Å². The zero-order chi connectivity index (χ0) is 15.1. The molecule has 2 nitrogen and oxygen atoms in total. The predicted octanol–water partition coefficient (Wildman–Crippen LogP) is 5.07. The average molecular weight is 334 g/mol. The van der Waals surface area contributed by atoms with Crippen molar-refractivity contribution >= 4 is 21.5 Å². The van der Waals surface area contributed by atoms with Crippen LogP contribution in [0.2, 0.25) is 0 Å². The minimum atomic E-state index is 0. The van der Waals surface area contributed by atoms with Gasteiger partial charge in [-0.15, -0.1) is 0 Å². The van der Waals surface area contributed by atoms with E-state index >= 15 is 0 Å². The summed E-state index contributed by atoms with van der Waals surface area (Å²) >= 11 is 0. The fourth-order valence-electron chi connectivity index (χ4n) is 3.05. The second-order valence-electron chi connectivity index (χ2n) is 5.36. The standard InChI is InChI=1S/C20H14O2.Ti/c21-17-11-9-13-5-1-3-7-15(13)19(17)20-16-8-4-2-6-14(16)10-12-18(20)22;/h1-12,21-22H;. The average Bonchev–Trinajstić information content (AvgIpc) is 2.56. The van der Waals surface area contributed by atoms with E-state index in [2.05, 4.69) is 0 Å². The number of hydrogen-bond acceptors (Lipinski definition) is 2. The zero-order valence-electron chi connectivity index (χ0n) is 12.3. The van der Waals surface area contributed by atoms with Crippen LogP contribution in [-0.2, 0) is 21.7 Å². The van der Waals surface area contributed by atoms with Gasteiger partial charge < -0.3 is 10.2 Å². The summed E-state index contributed by atoms with van der Waals surface area (Å²) in [6, 6.07) is 22.9. The second-order valence-corrected chi connectivity index (χ2v) is 5.36. The Morgan fingerprint density at radius 3 is 1.30 bits per heavy atom. The van der Waals surface area contributed by atoms with Gasteiger partial charge in [0.15, 0.2) is 0 Å². The minimum absolute atomic E-state index is 0. The molecule has 3 heteroatoms. The molecule has 0 aliphatic rings. The molecule has 23 heavy (non-hydrogen) atoms. The molecule has 0 bridgehead atoms. The Morgan fingerprint density at radius 2 is 0.870 bits per heavy atom. The van der Waals surface area contributed by atoms with Crippen molar-refractivity contribution in [2.24, 2.45) is 0 Å². The smallest absolute Gasteiger partial charge is 0.124 e. The van der Waals surface area contributed by atoms with Crippen molar-refractivity contribution in [3.05, 3.63) is 72.8 Å². The van der Waals surface area contributed by atoms with Gasteiger partial charge >= 0.3 is 0 Å². The van der Waals surface area contributed by atoms with Gasteiger partial charge in [-0.25, -0.2) is 0 Å². The van der Waals surface area contributed by atoms with Crippen LogP contribution in [-0.4, -0.2) is 10.2 Å². The Hall–Kier alpha value is -2.29. The van der Waals surface area contributed by atoms with Gasteiger partial charge in [0.2, 0.25) is 0 Å². The number of fused-ring (bicyclic) bond motifs is 2. The molecule has 110 valence electrons. The zero-order valence-corrected chi connectivity index (χ0v) is 13.9. The molecule has 0 saturated heterocycles. The van der Waals surface area contributed by atoms with E-state index in [4.69, 9.17) is 0 Å². The first kappa shape index (κ1) is 15.6. The van der Waals surface area contributed by atoms with Crippen molar-refractivity contribution in [2.45, 2.75) is 0 Å². The summed E-state index contributed by atoms with van der Waals surface area (Å²) in [6.45, 7) is 0. The van der Waals surface area contributed by atoms with Gasteiger partial charge in [-0.1, -0.05) is 60.7 Å². The van der Waals surface area contributed by atoms with Gasteiger partial charge in [-0.2, -0.15) is 0 Å². The van der Waals surface area contributed by atoms with Crippen molar-refractivity contribution in [2.75, 3.05) is 0 Å². The van der Waals surface area contributed by atoms with E-state index in [1.165, 1.54) is 0 Å². The van der Waals surface area contributed by atoms with Gasteiger partial charge in [-0.05, 0) is 33.7 Å². The van der Waals surface area contributed by atoms with Crippen LogP contribution in [0.1, 0.15) is 0 Å². The maximum absolute atomic E-state index is 10.4. The Kier molecular flexibility index (Phi) is 4.12. The molecule has 4 aromatic carbocycles. The summed E-state index contributed by atoms with van der Waals surface area (Å²) in [6.07, 6.45) is 0. The fraction of sp³-hybridized carbons (Fsp3) is 0. The minimum Gasteiger partial charge on any atom is -0.507 e. The van der Waals surface area contributed by atoms with Crippen LogP contribution in [0.5, 0.6) is 11.5 Å². The van der Waals surface area contributed by atoms with E-state index in [1.807, 2.05) is 60.7 Å². The Labute approximate surface area is 148 Å². The SMILES string of the molecule is Oc1ccc2ccccc2c1-c1c(O)ccc2ccccc12.[Ti]. The normalized spacial score (nSPS) is 10.6. The molecule has 0 saturated carbocycles. The van der Waals surface area contributed by atoms with E-state index in [0.717, 1.165) is 21.5 Å². The third-order valence-electron chi connectivity index (χ3n) is 4.06. The summed E-state index contributed by atoms with van der Waals surface area (Å²) in [7, 11) is 0. The first-order chi connectivity index (χ1) is 10.8. The first-order valence-electron chi connectivity index (χ1n) is 7.17. The van der Waals surface area contributed by atoms with Gasteiger partial charge in [0.05, 0.1) is 0 Å². The van der Waals surface area contributed by atoms with Crippen molar-refractivity contribution in [1.82, 2.24) is 0 Å². The number of phenolic OH excluding ortho intramolecular Hbond substituents is 2. The van der Waals surface area contributed by atoms with E-state index in [-0.39, 0.29) is 33.2 Å². The third kappa shape index (κ3) is 2.50. The quantitative estimate of drug-likeness (QED) is 0.477. The molecule has 0 spiro atoms. The van der Waals surface area contributed by atoms with E-state index < -0.39 is 0 Å². The van der Waals surface area contributed by atoms with Crippen molar-refractivity contribution < 1.29 is 31.9 Å². The maximum Gasteiger partial charge on any atom is 0.124 e. The van der Waals surface area contributed by atoms with Crippen LogP contribution in [0.25, 0.3) is 32.7 Å². The predicted molar refractivity (Wildman–Crippen MR) is 90.2 cm³/mol. The van der Waals surface area contributed by atoms with Crippen LogP contribution in [0.4, 0.5) is 0 Å². The monoisotopic (exact) mass is 334 g/mol. The van der Waals surface area contributed by atoms with Gasteiger partial charge in [0, 0.05) is 32.8 Å². The Bertz CT molecular complexity index is 925. The molecule has 0 aliphatic heterocycles. The fourth-order valence-corrected chi connectivity index (χ4v) is 3.05.